The molecule has 3 amide bonds. The molecule has 5 fully saturated rings. The van der Waals surface area contributed by atoms with Crippen LogP contribution in [0, 0.1) is 17.5 Å². The van der Waals surface area contributed by atoms with E-state index in [0.29, 0.717) is 47.8 Å². The number of hydrogen-bond acceptors (Lipinski definition) is 6. The van der Waals surface area contributed by atoms with E-state index in [1.807, 2.05) is 54.6 Å². The predicted molar refractivity (Wildman–Crippen MR) is 386 cm³/mol. The number of halogens is 3. The lowest BCUT2D eigenvalue weighted by Crippen LogP contribution is -2.36. The Kier molecular flexibility index (Phi) is 24.4. The van der Waals surface area contributed by atoms with Gasteiger partial charge in [0.05, 0.1) is 18.1 Å². The summed E-state index contributed by atoms with van der Waals surface area (Å²) in [5.74, 6) is 0.266. The number of hydrogen-bond donors (Lipinski definition) is 3. The summed E-state index contributed by atoms with van der Waals surface area (Å²) < 4.78 is 48.5. The fourth-order valence-electron chi connectivity index (χ4n) is 18.5. The summed E-state index contributed by atoms with van der Waals surface area (Å²) in [6.45, 7) is 0.497. The molecule has 3 unspecified atom stereocenters. The number of nitrogens with zero attached hydrogens (tertiary/aromatic N) is 6. The van der Waals surface area contributed by atoms with E-state index in [1.54, 1.807) is 30.3 Å². The number of fused-ring (bicyclic) bond motifs is 3. The summed E-state index contributed by atoms with van der Waals surface area (Å²) in [6, 6.07) is 32.7. The van der Waals surface area contributed by atoms with E-state index in [-0.39, 0.29) is 59.0 Å². The molecule has 528 valence electrons. The highest BCUT2D eigenvalue weighted by Gasteiger charge is 2.37. The predicted octanol–water partition coefficient (Wildman–Crippen LogP) is 19.4. The first-order valence-corrected chi connectivity index (χ1v) is 39.1. The monoisotopic (exact) mass is 1350 g/mol. The molecule has 8 aliphatic rings. The van der Waals surface area contributed by atoms with E-state index in [4.69, 9.17) is 15.3 Å². The zero-order valence-electron chi connectivity index (χ0n) is 58.8. The van der Waals surface area contributed by atoms with E-state index >= 15 is 0 Å². The topological polar surface area (TPSA) is 141 Å². The van der Waals surface area contributed by atoms with Crippen LogP contribution in [0.5, 0.6) is 0 Å². The Morgan fingerprint density at radius 2 is 0.646 bits per heavy atom. The van der Waals surface area contributed by atoms with Crippen molar-refractivity contribution in [1.82, 2.24) is 45.3 Å². The summed E-state index contributed by atoms with van der Waals surface area (Å²) in [5.41, 5.74) is 13.4. The molecule has 0 spiro atoms. The molecule has 7 aromatic rings. The van der Waals surface area contributed by atoms with Crippen LogP contribution >= 0.6 is 0 Å². The second-order valence-electron chi connectivity index (χ2n) is 30.6. The van der Waals surface area contributed by atoms with Crippen LogP contribution in [-0.2, 0) is 45.1 Å². The Labute approximate surface area is 586 Å². The summed E-state index contributed by atoms with van der Waals surface area (Å²) >= 11 is 0. The lowest BCUT2D eigenvalue weighted by Gasteiger charge is -2.27. The highest BCUT2D eigenvalue weighted by molar-refractivity contribution is 5.95. The molecule has 5 saturated carbocycles. The number of nitrogens with one attached hydrogen (secondary N) is 3. The first kappa shape index (κ1) is 70.2. The van der Waals surface area contributed by atoms with Gasteiger partial charge < -0.3 is 16.0 Å². The Bertz CT molecular complexity index is 3790. The van der Waals surface area contributed by atoms with Gasteiger partial charge in [-0.15, -0.1) is 0 Å². The highest BCUT2D eigenvalue weighted by atomic mass is 19.1. The van der Waals surface area contributed by atoms with Crippen molar-refractivity contribution < 1.29 is 27.6 Å². The van der Waals surface area contributed by atoms with Crippen molar-refractivity contribution in [1.29, 1.82) is 0 Å². The van der Waals surface area contributed by atoms with Gasteiger partial charge in [0.1, 0.15) is 17.5 Å². The van der Waals surface area contributed by atoms with Gasteiger partial charge in [0.15, 0.2) is 17.1 Å². The van der Waals surface area contributed by atoms with Crippen molar-refractivity contribution in [2.45, 2.75) is 305 Å². The van der Waals surface area contributed by atoms with Gasteiger partial charge in [-0.25, -0.2) is 13.2 Å². The first-order chi connectivity index (χ1) is 48.6. The van der Waals surface area contributed by atoms with Crippen molar-refractivity contribution in [2.24, 2.45) is 0 Å². The maximum Gasteiger partial charge on any atom is 0.272 e. The molecule has 12 nitrogen and oxygen atoms in total. The van der Waals surface area contributed by atoms with Crippen LogP contribution in [0.15, 0.2) is 103 Å². The largest absolute Gasteiger partial charge is 0.348 e. The third-order valence-electron chi connectivity index (χ3n) is 23.4. The standard InChI is InChI=1S/C29H34FN3O.C28H38FN3O.C27H36FN3O/c30-24-14-9-12-22(19-24)18-23-13-7-8-17-26-27(29(34)31-20-21-10-3-1-4-11-21)32-33(28(23)26)25-15-5-2-6-16-25;29-22-12-9-10-20(19-22)18-21-11-7-8-17-25-26(28(33)30-23-13-3-1-4-14-23)31-32(27(21)25)24-15-5-2-6-16-24;28-21-11-8-9-19(18-21)17-20-10-4-7-16-24-25(27(32)29-22-12-5-6-13-22)30-31(26(20)24)23-14-2-1-3-15-23/h1,3-4,9-12,14,19,23,25H,2,5-8,13,15-18,20H2,(H,31,34);9-10,12,19,21,23-24H,1-8,11,13-18H2,(H,30,33);8-9,11,18,20,22-23H,1-7,10,12-17H2,(H,29,32). The number of rotatable bonds is 16. The summed E-state index contributed by atoms with van der Waals surface area (Å²) in [6.07, 6.45) is 43.4. The fourth-order valence-corrected chi connectivity index (χ4v) is 18.5. The Balaban J connectivity index is 0.000000133. The first-order valence-electron chi connectivity index (χ1n) is 39.1. The molecule has 3 atom stereocenters. The van der Waals surface area contributed by atoms with Crippen molar-refractivity contribution in [2.75, 3.05) is 0 Å². The maximum absolute atomic E-state index is 13.9. The van der Waals surface area contributed by atoms with Gasteiger partial charge >= 0.3 is 0 Å². The summed E-state index contributed by atoms with van der Waals surface area (Å²) in [7, 11) is 0. The van der Waals surface area contributed by atoms with Crippen molar-refractivity contribution >= 4 is 17.7 Å². The van der Waals surface area contributed by atoms with Gasteiger partial charge in [-0.05, 0) is 200 Å². The average molecular weight is 1350 g/mol. The molecular formula is C84H108F3N9O3. The minimum absolute atomic E-state index is 0.0223. The number of benzene rings is 4. The van der Waals surface area contributed by atoms with Gasteiger partial charge in [-0.2, -0.15) is 15.3 Å². The van der Waals surface area contributed by atoms with Crippen LogP contribution in [-0.4, -0.2) is 59.1 Å². The lowest BCUT2D eigenvalue weighted by molar-refractivity contribution is 0.0915. The number of carbonyl (C=O) groups excluding carboxylic acids is 3. The maximum atomic E-state index is 13.9. The smallest absolute Gasteiger partial charge is 0.272 e. The van der Waals surface area contributed by atoms with E-state index in [1.165, 1.54) is 136 Å². The van der Waals surface area contributed by atoms with E-state index in [9.17, 15) is 27.6 Å². The van der Waals surface area contributed by atoms with Crippen LogP contribution in [0.4, 0.5) is 13.2 Å². The number of carbonyl (C=O) groups is 3. The van der Waals surface area contributed by atoms with Crippen molar-refractivity contribution in [3.8, 4) is 0 Å². The molecule has 4 aromatic carbocycles. The Hall–Kier alpha value is -7.29. The molecule has 15 rings (SSSR count). The molecule has 99 heavy (non-hydrogen) atoms. The Morgan fingerprint density at radius 1 is 0.343 bits per heavy atom. The molecule has 8 aliphatic carbocycles. The van der Waals surface area contributed by atoms with Gasteiger partial charge in [0, 0.05) is 70.2 Å². The zero-order valence-corrected chi connectivity index (χ0v) is 58.8. The minimum Gasteiger partial charge on any atom is -0.348 e. The Morgan fingerprint density at radius 3 is 0.990 bits per heavy atom. The molecule has 0 saturated heterocycles. The minimum atomic E-state index is -0.187. The summed E-state index contributed by atoms with van der Waals surface area (Å²) in [4.78, 5) is 40.2. The molecular weight excluding hydrogens is 1240 g/mol. The van der Waals surface area contributed by atoms with Crippen molar-refractivity contribution in [3.63, 3.8) is 0 Å². The molecule has 3 aromatic heterocycles. The molecule has 0 bridgehead atoms. The van der Waals surface area contributed by atoms with Gasteiger partial charge in [0.2, 0.25) is 0 Å². The van der Waals surface area contributed by atoms with Gasteiger partial charge in [-0.1, -0.05) is 176 Å². The van der Waals surface area contributed by atoms with Crippen LogP contribution in [0.3, 0.4) is 0 Å². The summed E-state index contributed by atoms with van der Waals surface area (Å²) in [5, 5.41) is 24.8. The van der Waals surface area contributed by atoms with Crippen LogP contribution in [0.2, 0.25) is 0 Å². The van der Waals surface area contributed by atoms with Crippen molar-refractivity contribution in [3.05, 3.63) is 194 Å². The fraction of sp³-hybridized carbons (Fsp3) is 0.571. The molecule has 0 aliphatic heterocycles. The molecule has 0 radical (unpaired) electrons. The highest BCUT2D eigenvalue weighted by Crippen LogP contribution is 2.44. The van der Waals surface area contributed by atoms with Crippen LogP contribution < -0.4 is 16.0 Å². The third kappa shape index (κ3) is 17.9. The molecule has 15 heteroatoms. The molecule has 3 heterocycles. The van der Waals surface area contributed by atoms with Crippen LogP contribution in [0.25, 0.3) is 0 Å². The number of aromatic nitrogens is 6. The van der Waals surface area contributed by atoms with E-state index in [2.05, 4.69) is 30.0 Å². The van der Waals surface area contributed by atoms with Gasteiger partial charge in [-0.3, -0.25) is 28.4 Å². The zero-order chi connectivity index (χ0) is 67.9. The second-order valence-corrected chi connectivity index (χ2v) is 30.6. The van der Waals surface area contributed by atoms with Crippen LogP contribution in [0.1, 0.15) is 335 Å². The number of amides is 3. The van der Waals surface area contributed by atoms with Gasteiger partial charge in [0.25, 0.3) is 17.7 Å². The SMILES string of the molecule is O=C(NC1CCCC1)c1nn(C2CCCCC2)c2c1CCCCC2Cc1cccc(F)c1.O=C(NC1CCCCC1)c1nn(C2CCCCC2)c2c1CCCCC2Cc1cccc(F)c1.O=C(NCc1ccccc1)c1nn(C2CCCCC2)c2c1CCCCC2Cc1cccc(F)c1. The second kappa shape index (κ2) is 34.4. The third-order valence-corrected chi connectivity index (χ3v) is 23.4. The lowest BCUT2D eigenvalue weighted by atomic mass is 9.89. The average Bonchev–Trinajstić information content (AvgIpc) is 1.64. The van der Waals surface area contributed by atoms with E-state index in [0.717, 1.165) is 188 Å². The quantitative estimate of drug-likeness (QED) is 0.0823. The molecule has 3 N–H and O–H groups in total. The van der Waals surface area contributed by atoms with E-state index < -0.39 is 0 Å². The normalized spacial score (nSPS) is 21.2.